The van der Waals surface area contributed by atoms with Crippen LogP contribution in [-0.4, -0.2) is 85.8 Å². The van der Waals surface area contributed by atoms with E-state index in [0.29, 0.717) is 12.5 Å². The van der Waals surface area contributed by atoms with Crippen molar-refractivity contribution in [2.45, 2.75) is 173 Å². The molecule has 4 fully saturated rings. The molecule has 0 saturated carbocycles. The molecule has 0 aromatic carbocycles. The van der Waals surface area contributed by atoms with Crippen LogP contribution >= 0.6 is 0 Å². The molecule has 8 heteroatoms. The van der Waals surface area contributed by atoms with Crippen molar-refractivity contribution in [2.24, 2.45) is 23.7 Å². The van der Waals surface area contributed by atoms with E-state index in [2.05, 4.69) is 46.7 Å². The summed E-state index contributed by atoms with van der Waals surface area (Å²) in [6.45, 7) is 12.6. The van der Waals surface area contributed by atoms with Crippen LogP contribution in [0.15, 0.2) is 0 Å². The van der Waals surface area contributed by atoms with Gasteiger partial charge in [0.15, 0.2) is 0 Å². The summed E-state index contributed by atoms with van der Waals surface area (Å²) < 4.78 is 32.2. The van der Waals surface area contributed by atoms with Crippen LogP contribution < -0.4 is 0 Å². The average molecular weight is 608 g/mol. The van der Waals surface area contributed by atoms with Crippen LogP contribution in [0.5, 0.6) is 0 Å². The van der Waals surface area contributed by atoms with Gasteiger partial charge >= 0.3 is 11.9 Å². The van der Waals surface area contributed by atoms with E-state index < -0.39 is 0 Å². The molecule has 4 aliphatic rings. The molecule has 4 rings (SSSR count). The molecular weight excluding hydrogens is 546 g/mol. The molecule has 0 aromatic heterocycles. The van der Waals surface area contributed by atoms with Crippen LogP contribution in [0, 0.1) is 23.7 Å². The predicted molar refractivity (Wildman–Crippen MR) is 167 cm³/mol. The van der Waals surface area contributed by atoms with Crippen molar-refractivity contribution in [1.82, 2.24) is 4.90 Å². The average Bonchev–Trinajstić information content (AvgIpc) is 3.75. The van der Waals surface area contributed by atoms with Crippen molar-refractivity contribution in [3.05, 3.63) is 0 Å². The number of carbonyl (C=O) groups is 2. The molecule has 4 aliphatic heterocycles. The molecule has 0 spiro atoms. The van der Waals surface area contributed by atoms with Gasteiger partial charge in [0.1, 0.15) is 12.2 Å². The highest BCUT2D eigenvalue weighted by Crippen LogP contribution is 2.39. The highest BCUT2D eigenvalue weighted by molar-refractivity contribution is 5.73. The molecule has 4 heterocycles. The van der Waals surface area contributed by atoms with Crippen LogP contribution in [-0.2, 0) is 33.3 Å². The van der Waals surface area contributed by atoms with Crippen LogP contribution in [0.3, 0.4) is 0 Å². The Balaban J connectivity index is 1.51. The van der Waals surface area contributed by atoms with E-state index in [4.69, 9.17) is 23.7 Å². The second-order valence-electron chi connectivity index (χ2n) is 14.5. The smallest absolute Gasteiger partial charge is 0.311 e. The molecule has 4 saturated heterocycles. The number of hydrogen-bond donors (Lipinski definition) is 0. The minimum atomic E-state index is -0.364. The summed E-state index contributed by atoms with van der Waals surface area (Å²) in [6, 6.07) is 0.509. The largest absolute Gasteiger partial charge is 0.462 e. The maximum absolute atomic E-state index is 13.7. The third-order valence-corrected chi connectivity index (χ3v) is 11.0. The van der Waals surface area contributed by atoms with E-state index in [0.717, 1.165) is 70.6 Å². The van der Waals surface area contributed by atoms with E-state index in [1.807, 2.05) is 13.8 Å². The lowest BCUT2D eigenvalue weighted by molar-refractivity contribution is -0.175. The van der Waals surface area contributed by atoms with E-state index in [1.165, 1.54) is 0 Å². The zero-order valence-corrected chi connectivity index (χ0v) is 28.3. The van der Waals surface area contributed by atoms with E-state index in [9.17, 15) is 9.59 Å². The maximum Gasteiger partial charge on any atom is 0.311 e. The number of cyclic esters (lactones) is 2. The Kier molecular flexibility index (Phi) is 12.8. The summed E-state index contributed by atoms with van der Waals surface area (Å²) >= 11 is 0. The number of ether oxygens (including phenoxy) is 5. The highest BCUT2D eigenvalue weighted by Gasteiger charge is 2.46. The third-order valence-electron chi connectivity index (χ3n) is 11.0. The fraction of sp³-hybridized carbons (Fsp3) is 0.943. The Hall–Kier alpha value is -1.22. The SMILES string of the molecule is CCC[C@@H]1C[C@@H]2CC[C@@H](O2)[C@@H](C)C(=O)O[C@@H]([C@H](C)C2CCC(C[C@@H](CCC)N(C)C)O2)[C@H](C)[C@@H]2CC[C@@H](O2)[C@@H](C)C(=O)O1. The number of hydrogen-bond acceptors (Lipinski definition) is 8. The third kappa shape index (κ3) is 8.74. The van der Waals surface area contributed by atoms with Crippen molar-refractivity contribution < 1.29 is 33.3 Å². The fourth-order valence-corrected chi connectivity index (χ4v) is 8.01. The predicted octanol–water partition coefficient (Wildman–Crippen LogP) is 6.32. The first-order chi connectivity index (χ1) is 20.5. The molecule has 0 amide bonds. The summed E-state index contributed by atoms with van der Waals surface area (Å²) in [7, 11) is 4.32. The van der Waals surface area contributed by atoms with Crippen molar-refractivity contribution in [3.8, 4) is 0 Å². The van der Waals surface area contributed by atoms with Gasteiger partial charge in [-0.05, 0) is 85.7 Å². The minimum Gasteiger partial charge on any atom is -0.462 e. The van der Waals surface area contributed by atoms with E-state index in [-0.39, 0.29) is 84.4 Å². The number of rotatable bonds is 9. The lowest BCUT2D eigenvalue weighted by Gasteiger charge is -2.36. The molecule has 0 aliphatic carbocycles. The lowest BCUT2D eigenvalue weighted by atomic mass is 9.84. The normalized spacial score (nSPS) is 40.8. The van der Waals surface area contributed by atoms with Gasteiger partial charge in [-0.15, -0.1) is 0 Å². The lowest BCUT2D eigenvalue weighted by Crippen LogP contribution is -2.44. The second kappa shape index (κ2) is 15.9. The fourth-order valence-electron chi connectivity index (χ4n) is 8.01. The van der Waals surface area contributed by atoms with Gasteiger partial charge in [-0.1, -0.05) is 40.5 Å². The number of carbonyl (C=O) groups excluding carboxylic acids is 2. The van der Waals surface area contributed by atoms with Crippen LogP contribution in [0.2, 0.25) is 0 Å². The summed E-state index contributed by atoms with van der Waals surface area (Å²) in [5.41, 5.74) is 0. The van der Waals surface area contributed by atoms with Gasteiger partial charge in [0.2, 0.25) is 0 Å². The van der Waals surface area contributed by atoms with Crippen molar-refractivity contribution in [1.29, 1.82) is 0 Å². The summed E-state index contributed by atoms with van der Waals surface area (Å²) in [4.78, 5) is 29.3. The zero-order chi connectivity index (χ0) is 31.3. The first kappa shape index (κ1) is 34.6. The standard InChI is InChI=1S/C35H61NO7/c1-9-11-25(36(7)8)19-27-13-15-29(39-27)21(3)33-22(4)30-17-18-32(42-30)24(6)34(37)41-26(12-10-2)20-28-14-16-31(40-28)23(5)35(38)43-33/h21-33H,9-20H2,1-8H3/t21-,22-,23-,24-,25-,26-,27?,28+,29?,30+,31-,32-,33+/m1/s1. The zero-order valence-electron chi connectivity index (χ0n) is 28.3. The van der Waals surface area contributed by atoms with Crippen molar-refractivity contribution in [2.75, 3.05) is 14.1 Å². The Morgan fingerprint density at radius 3 is 2.09 bits per heavy atom. The van der Waals surface area contributed by atoms with Crippen LogP contribution in [0.25, 0.3) is 0 Å². The van der Waals surface area contributed by atoms with Crippen LogP contribution in [0.1, 0.15) is 119 Å². The molecule has 43 heavy (non-hydrogen) atoms. The molecular formula is C35H61NO7. The van der Waals surface area contributed by atoms with Gasteiger partial charge in [-0.3, -0.25) is 9.59 Å². The van der Waals surface area contributed by atoms with E-state index in [1.54, 1.807) is 0 Å². The molecule has 2 unspecified atom stereocenters. The van der Waals surface area contributed by atoms with Crippen molar-refractivity contribution in [3.63, 3.8) is 0 Å². The van der Waals surface area contributed by atoms with Gasteiger partial charge in [0.25, 0.3) is 0 Å². The maximum atomic E-state index is 13.7. The second-order valence-corrected chi connectivity index (χ2v) is 14.5. The summed E-state index contributed by atoms with van der Waals surface area (Å²) in [6.07, 6.45) is 10.3. The molecule has 13 atom stereocenters. The Labute approximate surface area is 261 Å². The van der Waals surface area contributed by atoms with Gasteiger partial charge in [-0.2, -0.15) is 0 Å². The van der Waals surface area contributed by atoms with Gasteiger partial charge < -0.3 is 28.6 Å². The molecule has 248 valence electrons. The Morgan fingerprint density at radius 2 is 1.42 bits per heavy atom. The molecule has 0 radical (unpaired) electrons. The van der Waals surface area contributed by atoms with Crippen LogP contribution in [0.4, 0.5) is 0 Å². The van der Waals surface area contributed by atoms with Crippen molar-refractivity contribution >= 4 is 11.9 Å². The van der Waals surface area contributed by atoms with E-state index >= 15 is 0 Å². The first-order valence-corrected chi connectivity index (χ1v) is 17.6. The first-order valence-electron chi connectivity index (χ1n) is 17.6. The summed E-state index contributed by atoms with van der Waals surface area (Å²) in [5.74, 6) is -1.08. The molecule has 8 nitrogen and oxygen atoms in total. The quantitative estimate of drug-likeness (QED) is 0.282. The molecule has 0 aromatic rings. The van der Waals surface area contributed by atoms with Gasteiger partial charge in [0, 0.05) is 24.3 Å². The summed E-state index contributed by atoms with van der Waals surface area (Å²) in [5, 5.41) is 0. The molecule has 4 bridgehead atoms. The number of nitrogens with zero attached hydrogens (tertiary/aromatic N) is 1. The number of fused-ring (bicyclic) bond motifs is 4. The Bertz CT molecular complexity index is 897. The van der Waals surface area contributed by atoms with Gasteiger partial charge in [-0.25, -0.2) is 0 Å². The minimum absolute atomic E-state index is 0.0175. The Morgan fingerprint density at radius 1 is 0.767 bits per heavy atom. The monoisotopic (exact) mass is 607 g/mol. The number of esters is 2. The topological polar surface area (TPSA) is 83.5 Å². The molecule has 0 N–H and O–H groups in total. The van der Waals surface area contributed by atoms with Gasteiger partial charge in [0.05, 0.1) is 48.5 Å². The highest BCUT2D eigenvalue weighted by atomic mass is 16.6.